The van der Waals surface area contributed by atoms with Crippen LogP contribution in [0.1, 0.15) is 24.4 Å². The second-order valence-corrected chi connectivity index (χ2v) is 3.90. The van der Waals surface area contributed by atoms with E-state index in [1.807, 2.05) is 5.51 Å². The van der Waals surface area contributed by atoms with Crippen molar-refractivity contribution in [3.05, 3.63) is 16.1 Å². The van der Waals surface area contributed by atoms with Crippen LogP contribution in [-0.2, 0) is 6.42 Å². The predicted octanol–water partition coefficient (Wildman–Crippen LogP) is 2.65. The number of hydrogen-bond donors (Lipinski definition) is 0. The minimum absolute atomic E-state index is 0.749. The molecule has 1 aromatic heterocycles. The number of thiazole rings is 1. The minimum Gasteiger partial charge on any atom is -0.250 e. The highest BCUT2D eigenvalue weighted by Gasteiger charge is 2.02. The molecule has 0 bridgehead atoms. The van der Waals surface area contributed by atoms with Gasteiger partial charge in [0.15, 0.2) is 0 Å². The summed E-state index contributed by atoms with van der Waals surface area (Å²) >= 11 is 1.77. The molecule has 1 aromatic rings. The van der Waals surface area contributed by atoms with Crippen LogP contribution in [0.4, 0.5) is 0 Å². The van der Waals surface area contributed by atoms with Crippen LogP contribution < -0.4 is 0 Å². The van der Waals surface area contributed by atoms with Crippen LogP contribution in [0.5, 0.6) is 0 Å². The fourth-order valence-corrected chi connectivity index (χ4v) is 1.88. The highest BCUT2D eigenvalue weighted by atomic mass is 32.1. The highest BCUT2D eigenvalue weighted by molar-refractivity contribution is 7.09. The Morgan fingerprint density at radius 3 is 2.70 bits per heavy atom. The summed E-state index contributed by atoms with van der Waals surface area (Å²) in [6.45, 7) is 6.55. The molecular formula is C8H13NS. The number of hydrogen-bond acceptors (Lipinski definition) is 2. The lowest BCUT2D eigenvalue weighted by atomic mass is 10.1. The fourth-order valence-electron chi connectivity index (χ4n) is 0.893. The Bertz CT molecular complexity index is 203. The van der Waals surface area contributed by atoms with E-state index in [2.05, 4.69) is 25.8 Å². The van der Waals surface area contributed by atoms with Crippen molar-refractivity contribution in [3.8, 4) is 0 Å². The Balaban J connectivity index is 2.65. The van der Waals surface area contributed by atoms with Crippen molar-refractivity contribution in [2.45, 2.75) is 27.2 Å². The van der Waals surface area contributed by atoms with E-state index in [1.54, 1.807) is 11.3 Å². The zero-order chi connectivity index (χ0) is 7.56. The van der Waals surface area contributed by atoms with Crippen LogP contribution in [0.15, 0.2) is 5.51 Å². The van der Waals surface area contributed by atoms with E-state index in [9.17, 15) is 0 Å². The summed E-state index contributed by atoms with van der Waals surface area (Å²) in [5.74, 6) is 0.749. The van der Waals surface area contributed by atoms with Crippen molar-refractivity contribution in [3.63, 3.8) is 0 Å². The average molecular weight is 155 g/mol. The van der Waals surface area contributed by atoms with Gasteiger partial charge >= 0.3 is 0 Å². The van der Waals surface area contributed by atoms with Crippen LogP contribution in [-0.4, -0.2) is 4.98 Å². The Hall–Kier alpha value is -0.370. The highest BCUT2D eigenvalue weighted by Crippen LogP contribution is 2.16. The maximum Gasteiger partial charge on any atom is 0.0797 e. The molecule has 10 heavy (non-hydrogen) atoms. The van der Waals surface area contributed by atoms with Crippen LogP contribution in [0.3, 0.4) is 0 Å². The van der Waals surface area contributed by atoms with Gasteiger partial charge in [0.25, 0.3) is 0 Å². The Kier molecular flexibility index (Phi) is 2.44. The minimum atomic E-state index is 0.749. The lowest BCUT2D eigenvalue weighted by Crippen LogP contribution is -1.92. The summed E-state index contributed by atoms with van der Waals surface area (Å²) in [4.78, 5) is 5.63. The molecule has 0 radical (unpaired) electrons. The van der Waals surface area contributed by atoms with E-state index < -0.39 is 0 Å². The SMILES string of the molecule is Cc1ncsc1CC(C)C. The molecule has 0 aliphatic heterocycles. The number of nitrogens with zero attached hydrogens (tertiary/aromatic N) is 1. The molecule has 0 unspecified atom stereocenters. The molecule has 0 atom stereocenters. The lowest BCUT2D eigenvalue weighted by molar-refractivity contribution is 0.651. The first-order chi connectivity index (χ1) is 4.70. The van der Waals surface area contributed by atoms with Gasteiger partial charge in [-0.25, -0.2) is 4.98 Å². The zero-order valence-corrected chi connectivity index (χ0v) is 7.53. The van der Waals surface area contributed by atoms with Crippen molar-refractivity contribution in [2.24, 2.45) is 5.92 Å². The van der Waals surface area contributed by atoms with Crippen molar-refractivity contribution < 1.29 is 0 Å². The molecule has 1 rings (SSSR count). The second-order valence-electron chi connectivity index (χ2n) is 2.96. The van der Waals surface area contributed by atoms with E-state index in [4.69, 9.17) is 0 Å². The molecule has 0 spiro atoms. The molecule has 0 saturated carbocycles. The van der Waals surface area contributed by atoms with E-state index >= 15 is 0 Å². The first-order valence-corrected chi connectivity index (χ1v) is 4.47. The molecule has 0 aliphatic rings. The molecule has 1 heterocycles. The Morgan fingerprint density at radius 2 is 2.30 bits per heavy atom. The molecule has 2 heteroatoms. The Labute approximate surface area is 66.1 Å². The molecule has 0 N–H and O–H groups in total. The van der Waals surface area contributed by atoms with Crippen LogP contribution in [0.2, 0.25) is 0 Å². The van der Waals surface area contributed by atoms with Crippen molar-refractivity contribution in [1.82, 2.24) is 4.98 Å². The summed E-state index contributed by atoms with van der Waals surface area (Å²) < 4.78 is 0. The molecule has 0 amide bonds. The standard InChI is InChI=1S/C8H13NS/c1-6(2)4-8-7(3)9-5-10-8/h5-6H,4H2,1-3H3. The molecule has 0 saturated heterocycles. The summed E-state index contributed by atoms with van der Waals surface area (Å²) in [5.41, 5.74) is 3.13. The van der Waals surface area contributed by atoms with Crippen LogP contribution in [0, 0.1) is 12.8 Å². The summed E-state index contributed by atoms with van der Waals surface area (Å²) in [6, 6.07) is 0. The third-order valence-electron chi connectivity index (χ3n) is 1.44. The van der Waals surface area contributed by atoms with Gasteiger partial charge in [0.05, 0.1) is 11.2 Å². The Morgan fingerprint density at radius 1 is 1.60 bits per heavy atom. The molecular weight excluding hydrogens is 142 g/mol. The van der Waals surface area contributed by atoms with E-state index in [0.29, 0.717) is 0 Å². The zero-order valence-electron chi connectivity index (χ0n) is 6.72. The average Bonchev–Trinajstić information content (AvgIpc) is 2.15. The van der Waals surface area contributed by atoms with Crippen molar-refractivity contribution in [1.29, 1.82) is 0 Å². The van der Waals surface area contributed by atoms with Crippen LogP contribution >= 0.6 is 11.3 Å². The topological polar surface area (TPSA) is 12.9 Å². The number of aryl methyl sites for hydroxylation is 1. The third kappa shape index (κ3) is 1.81. The fraction of sp³-hybridized carbons (Fsp3) is 0.625. The van der Waals surface area contributed by atoms with E-state index in [-0.39, 0.29) is 0 Å². The van der Waals surface area contributed by atoms with Gasteiger partial charge < -0.3 is 0 Å². The lowest BCUT2D eigenvalue weighted by Gasteiger charge is -2.00. The summed E-state index contributed by atoms with van der Waals surface area (Å²) in [7, 11) is 0. The van der Waals surface area contributed by atoms with E-state index in [1.165, 1.54) is 17.0 Å². The summed E-state index contributed by atoms with van der Waals surface area (Å²) in [6.07, 6.45) is 1.18. The third-order valence-corrected chi connectivity index (χ3v) is 2.40. The normalized spacial score (nSPS) is 10.8. The largest absolute Gasteiger partial charge is 0.250 e. The first-order valence-electron chi connectivity index (χ1n) is 3.59. The van der Waals surface area contributed by atoms with Gasteiger partial charge in [-0.05, 0) is 19.3 Å². The van der Waals surface area contributed by atoms with Gasteiger partial charge in [-0.1, -0.05) is 13.8 Å². The number of rotatable bonds is 2. The summed E-state index contributed by atoms with van der Waals surface area (Å²) in [5, 5.41) is 0. The van der Waals surface area contributed by atoms with Crippen molar-refractivity contribution >= 4 is 11.3 Å². The maximum atomic E-state index is 4.19. The van der Waals surface area contributed by atoms with Gasteiger partial charge in [-0.2, -0.15) is 0 Å². The van der Waals surface area contributed by atoms with Gasteiger partial charge in [-0.3, -0.25) is 0 Å². The monoisotopic (exact) mass is 155 g/mol. The molecule has 0 aliphatic carbocycles. The second kappa shape index (κ2) is 3.15. The van der Waals surface area contributed by atoms with E-state index in [0.717, 1.165) is 5.92 Å². The molecule has 1 nitrogen and oxygen atoms in total. The number of aromatic nitrogens is 1. The van der Waals surface area contributed by atoms with Crippen molar-refractivity contribution in [2.75, 3.05) is 0 Å². The predicted molar refractivity (Wildman–Crippen MR) is 45.4 cm³/mol. The molecule has 0 aromatic carbocycles. The first kappa shape index (κ1) is 7.73. The maximum absolute atomic E-state index is 4.19. The molecule has 0 fully saturated rings. The van der Waals surface area contributed by atoms with Gasteiger partial charge in [0, 0.05) is 4.88 Å². The molecule has 56 valence electrons. The smallest absolute Gasteiger partial charge is 0.0797 e. The van der Waals surface area contributed by atoms with Gasteiger partial charge in [-0.15, -0.1) is 11.3 Å². The quantitative estimate of drug-likeness (QED) is 0.640. The van der Waals surface area contributed by atoms with Gasteiger partial charge in [0.1, 0.15) is 0 Å². The van der Waals surface area contributed by atoms with Gasteiger partial charge in [0.2, 0.25) is 0 Å². The van der Waals surface area contributed by atoms with Crippen LogP contribution in [0.25, 0.3) is 0 Å².